The molecule has 1 N–H and O–H groups in total. The number of sulfonamides is 1. The quantitative estimate of drug-likeness (QED) is 0.910. The van der Waals surface area contributed by atoms with E-state index in [9.17, 15) is 13.2 Å². The van der Waals surface area contributed by atoms with Crippen LogP contribution in [0.3, 0.4) is 0 Å². The Kier molecular flexibility index (Phi) is 4.85. The van der Waals surface area contributed by atoms with Crippen LogP contribution in [0.15, 0.2) is 41.3 Å². The van der Waals surface area contributed by atoms with Crippen molar-refractivity contribution in [1.82, 2.24) is 9.47 Å². The predicted octanol–water partition coefficient (Wildman–Crippen LogP) is 2.76. The second kappa shape index (κ2) is 6.92. The van der Waals surface area contributed by atoms with E-state index in [0.29, 0.717) is 17.1 Å². The summed E-state index contributed by atoms with van der Waals surface area (Å²) in [7, 11) is -2.02. The number of hydrogen-bond acceptors (Lipinski definition) is 3. The van der Waals surface area contributed by atoms with Crippen molar-refractivity contribution in [2.75, 3.05) is 17.8 Å². The zero-order valence-electron chi connectivity index (χ0n) is 14.5. The van der Waals surface area contributed by atoms with Gasteiger partial charge in [-0.1, -0.05) is 18.2 Å². The van der Waals surface area contributed by atoms with Crippen LogP contribution in [0.4, 0.5) is 5.69 Å². The van der Waals surface area contributed by atoms with Gasteiger partial charge in [0.05, 0.1) is 0 Å². The summed E-state index contributed by atoms with van der Waals surface area (Å²) >= 11 is 0. The van der Waals surface area contributed by atoms with E-state index >= 15 is 0 Å². The molecule has 1 amide bonds. The smallest absolute Gasteiger partial charge is 0.270 e. The largest absolute Gasteiger partial charge is 0.343 e. The molecule has 25 heavy (non-hydrogen) atoms. The van der Waals surface area contributed by atoms with Crippen LogP contribution in [0, 0.1) is 6.92 Å². The highest BCUT2D eigenvalue weighted by molar-refractivity contribution is 7.92. The van der Waals surface area contributed by atoms with Crippen molar-refractivity contribution in [1.29, 1.82) is 0 Å². The molecule has 1 aliphatic rings. The van der Waals surface area contributed by atoms with Gasteiger partial charge in [-0.25, -0.2) is 8.42 Å². The van der Waals surface area contributed by atoms with Crippen molar-refractivity contribution in [2.45, 2.75) is 31.1 Å². The third-order valence-electron chi connectivity index (χ3n) is 4.67. The molecule has 1 aliphatic heterocycles. The Morgan fingerprint density at radius 1 is 1.08 bits per heavy atom. The maximum absolute atomic E-state index is 12.8. The minimum absolute atomic E-state index is 0.105. The number of likely N-dealkylation sites (tertiary alicyclic amines) is 1. The Balaban J connectivity index is 1.91. The van der Waals surface area contributed by atoms with Crippen molar-refractivity contribution >= 4 is 21.6 Å². The second-order valence-corrected chi connectivity index (χ2v) is 8.01. The molecule has 0 spiro atoms. The first-order valence-electron chi connectivity index (χ1n) is 8.43. The van der Waals surface area contributed by atoms with E-state index in [4.69, 9.17) is 0 Å². The zero-order valence-corrected chi connectivity index (χ0v) is 15.3. The van der Waals surface area contributed by atoms with Gasteiger partial charge in [-0.2, -0.15) is 0 Å². The van der Waals surface area contributed by atoms with E-state index in [1.165, 1.54) is 6.07 Å². The van der Waals surface area contributed by atoms with Gasteiger partial charge in [0, 0.05) is 31.5 Å². The van der Waals surface area contributed by atoms with Crippen molar-refractivity contribution < 1.29 is 13.2 Å². The molecule has 6 nitrogen and oxygen atoms in total. The van der Waals surface area contributed by atoms with E-state index in [2.05, 4.69) is 4.72 Å². The van der Waals surface area contributed by atoms with Gasteiger partial charge in [-0.05, 0) is 44.4 Å². The molecule has 7 heteroatoms. The fraction of sp³-hybridized carbons (Fsp3) is 0.389. The summed E-state index contributed by atoms with van der Waals surface area (Å²) in [6.45, 7) is 3.17. The highest BCUT2D eigenvalue weighted by atomic mass is 32.2. The maximum atomic E-state index is 12.8. The first-order valence-corrected chi connectivity index (χ1v) is 9.92. The Hall–Kier alpha value is -2.28. The SMILES string of the molecule is Cc1c(S(=O)(=O)Nc2ccccc2)cc(C(=O)N2CCCCC2)n1C. The van der Waals surface area contributed by atoms with E-state index in [0.717, 1.165) is 32.4 Å². The standard InChI is InChI=1S/C18H23N3O3S/c1-14-17(25(23,24)19-15-9-5-3-6-10-15)13-16(20(14)2)18(22)21-11-7-4-8-12-21/h3,5-6,9-10,13,19H,4,7-8,11-12H2,1-2H3. The number of anilines is 1. The summed E-state index contributed by atoms with van der Waals surface area (Å²) in [6.07, 6.45) is 3.13. The number of benzene rings is 1. The lowest BCUT2D eigenvalue weighted by Crippen LogP contribution is -2.36. The first-order chi connectivity index (χ1) is 11.9. The molecule has 0 saturated carbocycles. The molecule has 2 aromatic rings. The molecule has 1 saturated heterocycles. The average Bonchev–Trinajstić information content (AvgIpc) is 2.92. The minimum Gasteiger partial charge on any atom is -0.343 e. The topological polar surface area (TPSA) is 71.4 Å². The summed E-state index contributed by atoms with van der Waals surface area (Å²) in [6, 6.07) is 10.2. The molecular weight excluding hydrogens is 338 g/mol. The number of aromatic nitrogens is 1. The van der Waals surface area contributed by atoms with E-state index in [-0.39, 0.29) is 10.8 Å². The highest BCUT2D eigenvalue weighted by Gasteiger charge is 2.27. The molecular formula is C18H23N3O3S. The summed E-state index contributed by atoms with van der Waals surface area (Å²) in [5, 5.41) is 0. The van der Waals surface area contributed by atoms with Crippen LogP contribution in [-0.4, -0.2) is 36.9 Å². The van der Waals surface area contributed by atoms with Crippen LogP contribution in [0.25, 0.3) is 0 Å². The molecule has 3 rings (SSSR count). The van der Waals surface area contributed by atoms with E-state index < -0.39 is 10.0 Å². The molecule has 1 aromatic carbocycles. The number of piperidine rings is 1. The van der Waals surface area contributed by atoms with Crippen LogP contribution in [0.2, 0.25) is 0 Å². The number of amides is 1. The van der Waals surface area contributed by atoms with Crippen LogP contribution in [0.1, 0.15) is 35.4 Å². The van der Waals surface area contributed by atoms with Crippen LogP contribution < -0.4 is 4.72 Å². The van der Waals surface area contributed by atoms with E-state index in [1.54, 1.807) is 47.7 Å². The molecule has 0 radical (unpaired) electrons. The monoisotopic (exact) mass is 361 g/mol. The van der Waals surface area contributed by atoms with Gasteiger partial charge >= 0.3 is 0 Å². The van der Waals surface area contributed by atoms with Gasteiger partial charge < -0.3 is 9.47 Å². The molecule has 0 unspecified atom stereocenters. The van der Waals surface area contributed by atoms with Gasteiger partial charge in [0.1, 0.15) is 10.6 Å². The molecule has 0 bridgehead atoms. The third-order valence-corrected chi connectivity index (χ3v) is 6.16. The fourth-order valence-corrected chi connectivity index (χ4v) is 4.47. The molecule has 0 aliphatic carbocycles. The second-order valence-electron chi connectivity index (χ2n) is 6.36. The number of hydrogen-bond donors (Lipinski definition) is 1. The van der Waals surface area contributed by atoms with Gasteiger partial charge in [0.2, 0.25) is 0 Å². The minimum atomic E-state index is -3.75. The van der Waals surface area contributed by atoms with Crippen molar-refractivity contribution in [3.05, 3.63) is 47.8 Å². The summed E-state index contributed by atoms with van der Waals surface area (Å²) in [4.78, 5) is 14.7. The lowest BCUT2D eigenvalue weighted by atomic mass is 10.1. The normalized spacial score (nSPS) is 15.2. The summed E-state index contributed by atoms with van der Waals surface area (Å²) < 4.78 is 29.7. The Morgan fingerprint density at radius 2 is 1.72 bits per heavy atom. The van der Waals surface area contributed by atoms with Gasteiger partial charge in [-0.15, -0.1) is 0 Å². The molecule has 1 fully saturated rings. The van der Waals surface area contributed by atoms with E-state index in [1.807, 2.05) is 6.07 Å². The Bertz CT molecular complexity index is 866. The number of rotatable bonds is 4. The lowest BCUT2D eigenvalue weighted by Gasteiger charge is -2.26. The molecule has 134 valence electrons. The van der Waals surface area contributed by atoms with Gasteiger partial charge in [-0.3, -0.25) is 9.52 Å². The number of nitrogens with one attached hydrogen (secondary N) is 1. The Labute approximate surface area is 148 Å². The lowest BCUT2D eigenvalue weighted by molar-refractivity contribution is 0.0714. The first kappa shape index (κ1) is 17.5. The number of carbonyl (C=O) groups is 1. The van der Waals surface area contributed by atoms with Gasteiger partial charge in [0.25, 0.3) is 15.9 Å². The van der Waals surface area contributed by atoms with Crippen molar-refractivity contribution in [2.24, 2.45) is 7.05 Å². The Morgan fingerprint density at radius 3 is 2.36 bits per heavy atom. The van der Waals surface area contributed by atoms with Crippen LogP contribution in [0.5, 0.6) is 0 Å². The van der Waals surface area contributed by atoms with Crippen LogP contribution >= 0.6 is 0 Å². The number of carbonyl (C=O) groups excluding carboxylic acids is 1. The van der Waals surface area contributed by atoms with Crippen molar-refractivity contribution in [3.63, 3.8) is 0 Å². The number of para-hydroxylation sites is 1. The van der Waals surface area contributed by atoms with Crippen molar-refractivity contribution in [3.8, 4) is 0 Å². The summed E-state index contributed by atoms with van der Waals surface area (Å²) in [5.41, 5.74) is 1.45. The molecule has 1 aromatic heterocycles. The average molecular weight is 361 g/mol. The summed E-state index contributed by atoms with van der Waals surface area (Å²) in [5.74, 6) is -0.105. The molecule has 2 heterocycles. The highest BCUT2D eigenvalue weighted by Crippen LogP contribution is 2.24. The third kappa shape index (κ3) is 3.56. The van der Waals surface area contributed by atoms with Crippen LogP contribution in [-0.2, 0) is 17.1 Å². The number of nitrogens with zero attached hydrogens (tertiary/aromatic N) is 2. The zero-order chi connectivity index (χ0) is 18.0. The maximum Gasteiger partial charge on any atom is 0.270 e. The predicted molar refractivity (Wildman–Crippen MR) is 97.2 cm³/mol. The fourth-order valence-electron chi connectivity index (χ4n) is 3.12. The van der Waals surface area contributed by atoms with Gasteiger partial charge in [0.15, 0.2) is 0 Å². The molecule has 0 atom stereocenters.